The van der Waals surface area contributed by atoms with E-state index >= 15 is 0 Å². The molecule has 2 aromatic rings. The van der Waals surface area contributed by atoms with Gasteiger partial charge in [0.15, 0.2) is 0 Å². The molecular formula is C38H53Cl3N6O6. The number of morpholine rings is 2. The number of terminal acetylenes is 1. The first-order chi connectivity index (χ1) is 24.5. The third kappa shape index (κ3) is 19.3. The van der Waals surface area contributed by atoms with Crippen LogP contribution in [0.1, 0.15) is 74.9 Å². The van der Waals surface area contributed by atoms with Crippen molar-refractivity contribution in [2.75, 3.05) is 62.4 Å². The SMILES string of the molecule is C#CC(C)(C)NC(=O)OC(C)(C)C.CC(C)(C#Cc1cc(Cl)cc(N2CCOCC2)n1)NC(=O)OC(C)(C)C.Clc1cc(Cl)nc(N2CCOCC2)c1. The molecule has 0 unspecified atom stereocenters. The van der Waals surface area contributed by atoms with Crippen LogP contribution >= 0.6 is 34.8 Å². The Morgan fingerprint density at radius 2 is 1.11 bits per heavy atom. The number of carbonyl (C=O) groups excluding carboxylic acids is 2. The molecule has 0 saturated carbocycles. The highest BCUT2D eigenvalue weighted by Gasteiger charge is 2.24. The van der Waals surface area contributed by atoms with Crippen LogP contribution in [0.25, 0.3) is 0 Å². The molecule has 292 valence electrons. The molecule has 53 heavy (non-hydrogen) atoms. The predicted molar refractivity (Wildman–Crippen MR) is 212 cm³/mol. The minimum atomic E-state index is -0.772. The predicted octanol–water partition coefficient (Wildman–Crippen LogP) is 7.37. The van der Waals surface area contributed by atoms with E-state index in [0.717, 1.165) is 51.0 Å². The third-order valence-electron chi connectivity index (χ3n) is 6.68. The summed E-state index contributed by atoms with van der Waals surface area (Å²) in [6.07, 6.45) is 4.20. The number of halogens is 3. The molecule has 0 spiro atoms. The number of carbonyl (C=O) groups is 2. The number of anilines is 2. The summed E-state index contributed by atoms with van der Waals surface area (Å²) < 4.78 is 20.9. The molecule has 2 fully saturated rings. The fraction of sp³-hybridized carbons (Fsp3) is 0.579. The van der Waals surface area contributed by atoms with Gasteiger partial charge in [-0.2, -0.15) is 0 Å². The molecule has 12 nitrogen and oxygen atoms in total. The zero-order chi connectivity index (χ0) is 40.0. The standard InChI is InChI=1S/C19H26ClN3O3.C10H17NO2.C9H10Cl2N2O/c1-18(2,3)26-17(24)22-19(4,5)7-6-15-12-14(20)13-16(21-15)23-8-10-25-11-9-23;1-7-10(5,6)11-8(12)13-9(2,3)4;10-7-5-8(11)12-9(6-7)13-1-3-14-4-2-13/h12-13H,8-11H2,1-5H3,(H,22,24);1H,2-6H3,(H,11,12);5-6H,1-4H2. The van der Waals surface area contributed by atoms with Crippen LogP contribution in [0.15, 0.2) is 24.3 Å². The highest BCUT2D eigenvalue weighted by atomic mass is 35.5. The summed E-state index contributed by atoms with van der Waals surface area (Å²) in [5, 5.41) is 6.94. The van der Waals surface area contributed by atoms with Crippen molar-refractivity contribution >= 4 is 58.6 Å². The Morgan fingerprint density at radius 3 is 1.53 bits per heavy atom. The van der Waals surface area contributed by atoms with Gasteiger partial charge in [0, 0.05) is 36.2 Å². The number of ether oxygens (including phenoxy) is 4. The van der Waals surface area contributed by atoms with Gasteiger partial charge in [-0.3, -0.25) is 0 Å². The van der Waals surface area contributed by atoms with Crippen molar-refractivity contribution in [3.63, 3.8) is 0 Å². The van der Waals surface area contributed by atoms with Gasteiger partial charge in [0.05, 0.1) is 37.5 Å². The summed E-state index contributed by atoms with van der Waals surface area (Å²) in [5.74, 6) is 10.1. The molecule has 15 heteroatoms. The van der Waals surface area contributed by atoms with Crippen LogP contribution in [0.4, 0.5) is 21.2 Å². The van der Waals surface area contributed by atoms with Crippen LogP contribution in [-0.2, 0) is 18.9 Å². The molecule has 2 saturated heterocycles. The zero-order valence-corrected chi connectivity index (χ0v) is 34.7. The molecule has 4 heterocycles. The van der Waals surface area contributed by atoms with Gasteiger partial charge in [0.1, 0.15) is 33.7 Å². The fourth-order valence-corrected chi connectivity index (χ4v) is 4.98. The maximum Gasteiger partial charge on any atom is 0.408 e. The van der Waals surface area contributed by atoms with Gasteiger partial charge < -0.3 is 39.4 Å². The molecule has 4 rings (SSSR count). The van der Waals surface area contributed by atoms with Gasteiger partial charge in [0.2, 0.25) is 0 Å². The molecular weight excluding hydrogens is 743 g/mol. The number of hydrogen-bond acceptors (Lipinski definition) is 10. The average molecular weight is 796 g/mol. The number of hydrogen-bond donors (Lipinski definition) is 2. The van der Waals surface area contributed by atoms with Crippen molar-refractivity contribution < 1.29 is 28.5 Å². The Hall–Kier alpha value is -3.65. The Bertz CT molecular complexity index is 1610. The van der Waals surface area contributed by atoms with E-state index in [1.807, 2.05) is 32.9 Å². The second kappa shape index (κ2) is 20.1. The van der Waals surface area contributed by atoms with Gasteiger partial charge in [-0.05, 0) is 99.4 Å². The van der Waals surface area contributed by atoms with Crippen LogP contribution in [0.5, 0.6) is 0 Å². The summed E-state index contributed by atoms with van der Waals surface area (Å²) >= 11 is 17.9. The average Bonchev–Trinajstić information content (AvgIpc) is 3.02. The molecule has 2 aromatic heterocycles. The Kier molecular flexibility index (Phi) is 17.3. The van der Waals surface area contributed by atoms with Crippen LogP contribution in [0, 0.1) is 24.2 Å². The molecule has 0 radical (unpaired) electrons. The number of aromatic nitrogens is 2. The lowest BCUT2D eigenvalue weighted by Gasteiger charge is -2.28. The Morgan fingerprint density at radius 1 is 0.698 bits per heavy atom. The van der Waals surface area contributed by atoms with E-state index in [9.17, 15) is 9.59 Å². The van der Waals surface area contributed by atoms with Gasteiger partial charge in [-0.1, -0.05) is 46.6 Å². The normalized spacial score (nSPS) is 14.8. The molecule has 2 aliphatic rings. The van der Waals surface area contributed by atoms with E-state index in [1.165, 1.54) is 0 Å². The Labute approximate surface area is 329 Å². The van der Waals surface area contributed by atoms with Gasteiger partial charge in [-0.25, -0.2) is 19.6 Å². The maximum absolute atomic E-state index is 11.9. The summed E-state index contributed by atoms with van der Waals surface area (Å²) in [6, 6.07) is 6.98. The lowest BCUT2D eigenvalue weighted by Crippen LogP contribution is -2.44. The second-order valence-electron chi connectivity index (χ2n) is 15.1. The maximum atomic E-state index is 11.9. The molecule has 0 aliphatic carbocycles. The second-order valence-corrected chi connectivity index (χ2v) is 16.4. The number of amides is 2. The summed E-state index contributed by atoms with van der Waals surface area (Å²) in [5.41, 5.74) is -1.93. The van der Waals surface area contributed by atoms with E-state index < -0.39 is 34.5 Å². The number of rotatable bonds is 4. The molecule has 2 amide bonds. The molecule has 0 atom stereocenters. The summed E-state index contributed by atoms with van der Waals surface area (Å²) in [6.45, 7) is 23.9. The van der Waals surface area contributed by atoms with E-state index in [2.05, 4.69) is 48.2 Å². The largest absolute Gasteiger partial charge is 0.444 e. The van der Waals surface area contributed by atoms with Gasteiger partial charge in [0.25, 0.3) is 0 Å². The molecule has 2 aliphatic heterocycles. The van der Waals surface area contributed by atoms with Gasteiger partial charge in [-0.15, -0.1) is 6.42 Å². The van der Waals surface area contributed by atoms with E-state index in [-0.39, 0.29) is 0 Å². The van der Waals surface area contributed by atoms with Crippen molar-refractivity contribution in [3.05, 3.63) is 45.2 Å². The highest BCUT2D eigenvalue weighted by molar-refractivity contribution is 6.34. The highest BCUT2D eigenvalue weighted by Crippen LogP contribution is 2.22. The minimum Gasteiger partial charge on any atom is -0.444 e. The third-order valence-corrected chi connectivity index (χ3v) is 7.31. The first-order valence-electron chi connectivity index (χ1n) is 17.2. The van der Waals surface area contributed by atoms with Gasteiger partial charge >= 0.3 is 12.2 Å². The van der Waals surface area contributed by atoms with Crippen LogP contribution in [0.2, 0.25) is 15.2 Å². The number of alkyl carbamates (subject to hydrolysis) is 2. The quantitative estimate of drug-likeness (QED) is 0.239. The van der Waals surface area contributed by atoms with E-state index in [1.54, 1.807) is 60.6 Å². The topological polar surface area (TPSA) is 127 Å². The fourth-order valence-electron chi connectivity index (χ4n) is 4.31. The van der Waals surface area contributed by atoms with Crippen LogP contribution in [-0.4, -0.2) is 97.0 Å². The number of nitrogens with one attached hydrogen (secondary N) is 2. The van der Waals surface area contributed by atoms with E-state index in [0.29, 0.717) is 34.1 Å². The summed E-state index contributed by atoms with van der Waals surface area (Å²) in [4.78, 5) is 36.2. The first-order valence-corrected chi connectivity index (χ1v) is 18.3. The smallest absolute Gasteiger partial charge is 0.408 e. The van der Waals surface area contributed by atoms with Crippen LogP contribution < -0.4 is 20.4 Å². The Balaban J connectivity index is 0.000000303. The first kappa shape index (κ1) is 45.5. The molecule has 2 N–H and O–H groups in total. The number of nitrogens with zero attached hydrogens (tertiary/aromatic N) is 4. The van der Waals surface area contributed by atoms with Crippen molar-refractivity contribution in [1.82, 2.24) is 20.6 Å². The van der Waals surface area contributed by atoms with E-state index in [4.69, 9.17) is 60.2 Å². The lowest BCUT2D eigenvalue weighted by molar-refractivity contribution is 0.0481. The lowest BCUT2D eigenvalue weighted by atomic mass is 10.1. The van der Waals surface area contributed by atoms with Crippen molar-refractivity contribution in [1.29, 1.82) is 0 Å². The monoisotopic (exact) mass is 794 g/mol. The minimum absolute atomic E-state index is 0.430. The molecule has 0 aromatic carbocycles. The van der Waals surface area contributed by atoms with Crippen molar-refractivity contribution in [2.45, 2.75) is 91.5 Å². The molecule has 0 bridgehead atoms. The summed E-state index contributed by atoms with van der Waals surface area (Å²) in [7, 11) is 0. The van der Waals surface area contributed by atoms with Crippen molar-refractivity contribution in [3.8, 4) is 24.2 Å². The van der Waals surface area contributed by atoms with Crippen LogP contribution in [0.3, 0.4) is 0 Å². The van der Waals surface area contributed by atoms with Crippen molar-refractivity contribution in [2.24, 2.45) is 0 Å². The number of pyridine rings is 2. The zero-order valence-electron chi connectivity index (χ0n) is 32.4.